The Bertz CT molecular complexity index is 374. The van der Waals surface area contributed by atoms with E-state index in [2.05, 4.69) is 19.8 Å². The molecule has 0 bridgehead atoms. The largest absolute Gasteiger partial charge is 0.338 e. The van der Waals surface area contributed by atoms with E-state index in [9.17, 15) is 0 Å². The Morgan fingerprint density at radius 1 is 1.06 bits per heavy atom. The number of anilines is 1. The van der Waals surface area contributed by atoms with E-state index in [1.165, 1.54) is 19.3 Å². The lowest BCUT2D eigenvalue weighted by molar-refractivity contribution is 0.185. The molecule has 1 aromatic heterocycles. The molecule has 0 radical (unpaired) electrons. The van der Waals surface area contributed by atoms with Gasteiger partial charge in [0.1, 0.15) is 0 Å². The van der Waals surface area contributed by atoms with Gasteiger partial charge in [0.15, 0.2) is 0 Å². The highest BCUT2D eigenvalue weighted by Crippen LogP contribution is 2.24. The molecule has 2 unspecified atom stereocenters. The summed E-state index contributed by atoms with van der Waals surface area (Å²) in [6, 6.07) is 2.99. The van der Waals surface area contributed by atoms with Crippen molar-refractivity contribution in [2.24, 2.45) is 5.73 Å². The van der Waals surface area contributed by atoms with Crippen molar-refractivity contribution in [3.63, 3.8) is 0 Å². The first kappa shape index (κ1) is 11.9. The van der Waals surface area contributed by atoms with Crippen LogP contribution in [0.15, 0.2) is 18.5 Å². The van der Waals surface area contributed by atoms with Crippen molar-refractivity contribution in [2.45, 2.75) is 31.3 Å². The first-order valence-corrected chi connectivity index (χ1v) is 6.84. The lowest BCUT2D eigenvalue weighted by Gasteiger charge is -2.38. The number of piperazine rings is 1. The summed E-state index contributed by atoms with van der Waals surface area (Å²) < 4.78 is 0. The number of aromatic nitrogens is 2. The van der Waals surface area contributed by atoms with Crippen LogP contribution in [0.3, 0.4) is 0 Å². The first-order valence-electron chi connectivity index (χ1n) is 6.84. The predicted octanol–water partition coefficient (Wildman–Crippen LogP) is 0.478. The van der Waals surface area contributed by atoms with Gasteiger partial charge in [0.25, 0.3) is 0 Å². The van der Waals surface area contributed by atoms with Gasteiger partial charge in [-0.05, 0) is 25.3 Å². The highest BCUT2D eigenvalue weighted by atomic mass is 15.3. The zero-order valence-corrected chi connectivity index (χ0v) is 10.7. The molecule has 18 heavy (non-hydrogen) atoms. The summed E-state index contributed by atoms with van der Waals surface area (Å²) in [7, 11) is 0. The molecule has 5 heteroatoms. The molecule has 1 aliphatic carbocycles. The number of rotatable bonds is 2. The standard InChI is InChI=1S/C13H21N5/c14-11-2-3-12(10-11)17-6-8-18(9-7-17)13-15-4-1-5-16-13/h1,4-5,11-12H,2-3,6-10,14H2. The molecule has 2 atom stereocenters. The topological polar surface area (TPSA) is 58.3 Å². The fourth-order valence-corrected chi connectivity index (χ4v) is 3.06. The zero-order valence-electron chi connectivity index (χ0n) is 10.7. The van der Waals surface area contributed by atoms with E-state index in [-0.39, 0.29) is 0 Å². The second-order valence-corrected chi connectivity index (χ2v) is 5.30. The van der Waals surface area contributed by atoms with Crippen molar-refractivity contribution in [3.05, 3.63) is 18.5 Å². The normalized spacial score (nSPS) is 29.7. The van der Waals surface area contributed by atoms with Gasteiger partial charge in [-0.25, -0.2) is 9.97 Å². The van der Waals surface area contributed by atoms with Gasteiger partial charge in [0.2, 0.25) is 5.95 Å². The SMILES string of the molecule is NC1CCC(N2CCN(c3ncccn3)CC2)C1. The fourth-order valence-electron chi connectivity index (χ4n) is 3.06. The molecular weight excluding hydrogens is 226 g/mol. The van der Waals surface area contributed by atoms with Crippen LogP contribution >= 0.6 is 0 Å². The first-order chi connectivity index (χ1) is 8.83. The Morgan fingerprint density at radius 3 is 2.39 bits per heavy atom. The minimum absolute atomic E-state index is 0.422. The van der Waals surface area contributed by atoms with E-state index in [4.69, 9.17) is 5.73 Å². The maximum Gasteiger partial charge on any atom is 0.225 e. The molecule has 0 spiro atoms. The quantitative estimate of drug-likeness (QED) is 0.823. The van der Waals surface area contributed by atoms with Crippen LogP contribution in [0.4, 0.5) is 5.95 Å². The van der Waals surface area contributed by atoms with Crippen LogP contribution in [0.5, 0.6) is 0 Å². The van der Waals surface area contributed by atoms with Crippen LogP contribution in [-0.4, -0.2) is 53.1 Å². The Labute approximate surface area is 108 Å². The number of nitrogens with two attached hydrogens (primary N) is 1. The van der Waals surface area contributed by atoms with Crippen molar-refractivity contribution in [2.75, 3.05) is 31.1 Å². The Hall–Kier alpha value is -1.20. The van der Waals surface area contributed by atoms with Gasteiger partial charge in [-0.3, -0.25) is 4.90 Å². The second kappa shape index (κ2) is 5.20. The summed E-state index contributed by atoms with van der Waals surface area (Å²) in [6.45, 7) is 4.26. The van der Waals surface area contributed by atoms with Crippen LogP contribution in [0.25, 0.3) is 0 Å². The van der Waals surface area contributed by atoms with Crippen LogP contribution in [0.1, 0.15) is 19.3 Å². The molecule has 98 valence electrons. The average Bonchev–Trinajstić information content (AvgIpc) is 2.87. The minimum atomic E-state index is 0.422. The van der Waals surface area contributed by atoms with Gasteiger partial charge in [0, 0.05) is 50.7 Å². The van der Waals surface area contributed by atoms with Gasteiger partial charge in [-0.15, -0.1) is 0 Å². The van der Waals surface area contributed by atoms with E-state index in [1.807, 2.05) is 18.5 Å². The summed E-state index contributed by atoms with van der Waals surface area (Å²) in [4.78, 5) is 13.5. The summed E-state index contributed by atoms with van der Waals surface area (Å²) >= 11 is 0. The monoisotopic (exact) mass is 247 g/mol. The number of nitrogens with zero attached hydrogens (tertiary/aromatic N) is 4. The Morgan fingerprint density at radius 2 is 1.78 bits per heavy atom. The van der Waals surface area contributed by atoms with Crippen LogP contribution in [0, 0.1) is 0 Å². The summed E-state index contributed by atoms with van der Waals surface area (Å²) in [5.74, 6) is 0.861. The van der Waals surface area contributed by atoms with Crippen LogP contribution < -0.4 is 10.6 Å². The molecule has 3 rings (SSSR count). The average molecular weight is 247 g/mol. The molecule has 1 saturated heterocycles. The van der Waals surface area contributed by atoms with Crippen molar-refractivity contribution in [1.82, 2.24) is 14.9 Å². The lowest BCUT2D eigenvalue weighted by Crippen LogP contribution is -2.50. The van der Waals surface area contributed by atoms with Crippen molar-refractivity contribution < 1.29 is 0 Å². The molecule has 2 aliphatic rings. The minimum Gasteiger partial charge on any atom is -0.338 e. The van der Waals surface area contributed by atoms with E-state index in [1.54, 1.807) is 0 Å². The third kappa shape index (κ3) is 2.47. The van der Waals surface area contributed by atoms with Crippen molar-refractivity contribution in [1.29, 1.82) is 0 Å². The molecule has 2 N–H and O–H groups in total. The van der Waals surface area contributed by atoms with Crippen molar-refractivity contribution >= 4 is 5.95 Å². The van der Waals surface area contributed by atoms with E-state index in [0.29, 0.717) is 12.1 Å². The highest BCUT2D eigenvalue weighted by molar-refractivity contribution is 5.29. The maximum atomic E-state index is 5.99. The maximum absolute atomic E-state index is 5.99. The smallest absolute Gasteiger partial charge is 0.225 e. The molecule has 5 nitrogen and oxygen atoms in total. The molecule has 1 saturated carbocycles. The zero-order chi connectivity index (χ0) is 12.4. The third-order valence-corrected chi connectivity index (χ3v) is 4.11. The number of hydrogen-bond donors (Lipinski definition) is 1. The van der Waals surface area contributed by atoms with E-state index < -0.39 is 0 Å². The molecular formula is C13H21N5. The molecule has 0 amide bonds. The Balaban J connectivity index is 1.55. The predicted molar refractivity (Wildman–Crippen MR) is 71.4 cm³/mol. The molecule has 2 fully saturated rings. The number of hydrogen-bond acceptors (Lipinski definition) is 5. The molecule has 1 aromatic rings. The van der Waals surface area contributed by atoms with Crippen LogP contribution in [-0.2, 0) is 0 Å². The van der Waals surface area contributed by atoms with Gasteiger partial charge >= 0.3 is 0 Å². The van der Waals surface area contributed by atoms with Gasteiger partial charge in [-0.1, -0.05) is 0 Å². The second-order valence-electron chi connectivity index (χ2n) is 5.30. The lowest BCUT2D eigenvalue weighted by atomic mass is 10.2. The van der Waals surface area contributed by atoms with Gasteiger partial charge in [0.05, 0.1) is 0 Å². The molecule has 0 aromatic carbocycles. The van der Waals surface area contributed by atoms with Crippen LogP contribution in [0.2, 0.25) is 0 Å². The van der Waals surface area contributed by atoms with Gasteiger partial charge < -0.3 is 10.6 Å². The van der Waals surface area contributed by atoms with E-state index >= 15 is 0 Å². The van der Waals surface area contributed by atoms with Gasteiger partial charge in [-0.2, -0.15) is 0 Å². The van der Waals surface area contributed by atoms with Crippen molar-refractivity contribution in [3.8, 4) is 0 Å². The van der Waals surface area contributed by atoms with E-state index in [0.717, 1.165) is 32.1 Å². The summed E-state index contributed by atoms with van der Waals surface area (Å²) in [6.07, 6.45) is 7.24. The molecule has 1 aliphatic heterocycles. The summed E-state index contributed by atoms with van der Waals surface area (Å²) in [5, 5.41) is 0. The molecule has 2 heterocycles. The fraction of sp³-hybridized carbons (Fsp3) is 0.692. The highest BCUT2D eigenvalue weighted by Gasteiger charge is 2.29. The third-order valence-electron chi connectivity index (χ3n) is 4.11. The summed E-state index contributed by atoms with van der Waals surface area (Å²) in [5.41, 5.74) is 5.99. The Kier molecular flexibility index (Phi) is 3.43.